The molecule has 0 aliphatic carbocycles. The molecular weight excluding hydrogens is 146 g/mol. The van der Waals surface area contributed by atoms with Gasteiger partial charge in [0.2, 0.25) is 0 Å². The summed E-state index contributed by atoms with van der Waals surface area (Å²) in [4.78, 5) is 10.1. The number of nitrogens with two attached hydrogens (primary N) is 1. The average Bonchev–Trinajstić information content (AvgIpc) is 2.07. The molecule has 0 spiro atoms. The Hall–Kier alpha value is -1.13. The fourth-order valence-corrected chi connectivity index (χ4v) is 0.325. The lowest BCUT2D eigenvalue weighted by Gasteiger charge is -1.72. The first-order valence-corrected chi connectivity index (χ1v) is 3.16. The van der Waals surface area contributed by atoms with Gasteiger partial charge in [0.25, 0.3) is 0 Å². The van der Waals surface area contributed by atoms with Crippen molar-refractivity contribution in [1.29, 1.82) is 0 Å². The predicted molar refractivity (Wildman–Crippen MR) is 41.1 cm³/mol. The van der Waals surface area contributed by atoms with E-state index in [4.69, 9.17) is 10.8 Å². The summed E-state index contributed by atoms with van der Waals surface area (Å²) in [6.07, 6.45) is 1.35. The van der Waals surface area contributed by atoms with Crippen molar-refractivity contribution in [3.05, 3.63) is 34.9 Å². The summed E-state index contributed by atoms with van der Waals surface area (Å²) in [6, 6.07) is 4.65. The van der Waals surface area contributed by atoms with Gasteiger partial charge < -0.3 is 15.3 Å². The van der Waals surface area contributed by atoms with Gasteiger partial charge in [-0.2, -0.15) is 0 Å². The van der Waals surface area contributed by atoms with Crippen molar-refractivity contribution in [3.63, 3.8) is 0 Å². The lowest BCUT2D eigenvalue weighted by molar-refractivity contribution is 0.306. The predicted octanol–water partition coefficient (Wildman–Crippen LogP) is -0.423. The first-order valence-electron chi connectivity index (χ1n) is 3.16. The van der Waals surface area contributed by atoms with Crippen LogP contribution in [0.1, 0.15) is 0 Å². The van der Waals surface area contributed by atoms with E-state index < -0.39 is 0 Å². The van der Waals surface area contributed by atoms with E-state index in [2.05, 4.69) is 4.42 Å². The van der Waals surface area contributed by atoms with E-state index in [1.165, 1.54) is 12.3 Å². The van der Waals surface area contributed by atoms with E-state index in [9.17, 15) is 4.79 Å². The van der Waals surface area contributed by atoms with Crippen molar-refractivity contribution >= 4 is 0 Å². The highest BCUT2D eigenvalue weighted by molar-refractivity contribution is 4.85. The molecule has 0 radical (unpaired) electrons. The van der Waals surface area contributed by atoms with Gasteiger partial charge in [0, 0.05) is 12.6 Å². The largest absolute Gasteiger partial charge is 0.431 e. The van der Waals surface area contributed by atoms with E-state index in [1.807, 2.05) is 0 Å². The van der Waals surface area contributed by atoms with Crippen LogP contribution in [0.4, 0.5) is 0 Å². The Labute approximate surface area is 64.3 Å². The molecule has 1 heterocycles. The fraction of sp³-hybridized carbons (Fsp3) is 0.286. The molecule has 0 unspecified atom stereocenters. The molecule has 0 saturated carbocycles. The summed E-state index contributed by atoms with van der Waals surface area (Å²) in [5.41, 5.74) is 4.47. The third-order valence-corrected chi connectivity index (χ3v) is 0.735. The molecule has 1 rings (SSSR count). The molecule has 4 heteroatoms. The molecule has 0 aliphatic heterocycles. The van der Waals surface area contributed by atoms with Crippen LogP contribution in [0.25, 0.3) is 0 Å². The van der Waals surface area contributed by atoms with Gasteiger partial charge in [-0.3, -0.25) is 0 Å². The van der Waals surface area contributed by atoms with Gasteiger partial charge in [-0.15, -0.1) is 0 Å². The number of hydrogen-bond donors (Lipinski definition) is 2. The molecule has 62 valence electrons. The summed E-state index contributed by atoms with van der Waals surface area (Å²) in [6.45, 7) is 0.472. The first-order chi connectivity index (χ1) is 5.31. The number of aliphatic hydroxyl groups excluding tert-OH is 1. The Kier molecular flexibility index (Phi) is 6.27. The molecular formula is C7H11NO3. The normalized spacial score (nSPS) is 8.18. The molecule has 0 amide bonds. The fourth-order valence-electron chi connectivity index (χ4n) is 0.325. The highest BCUT2D eigenvalue weighted by Crippen LogP contribution is 1.72. The Morgan fingerprint density at radius 3 is 2.36 bits per heavy atom. The molecule has 0 fully saturated rings. The van der Waals surface area contributed by atoms with E-state index in [0.29, 0.717) is 6.54 Å². The van der Waals surface area contributed by atoms with Gasteiger partial charge >= 0.3 is 5.63 Å². The van der Waals surface area contributed by atoms with E-state index in [0.717, 1.165) is 0 Å². The Balaban J connectivity index is 0.000000218. The lowest BCUT2D eigenvalue weighted by atomic mass is 10.5. The van der Waals surface area contributed by atoms with Gasteiger partial charge in [0.15, 0.2) is 0 Å². The quantitative estimate of drug-likeness (QED) is 0.580. The van der Waals surface area contributed by atoms with Crippen LogP contribution in [0.5, 0.6) is 0 Å². The van der Waals surface area contributed by atoms with Crippen molar-refractivity contribution in [2.24, 2.45) is 5.73 Å². The van der Waals surface area contributed by atoms with Gasteiger partial charge in [-0.05, 0) is 6.07 Å². The van der Waals surface area contributed by atoms with Gasteiger partial charge in [0.1, 0.15) is 0 Å². The standard InChI is InChI=1S/C5H4O2.C2H7NO/c6-5-3-1-2-4-7-5;3-1-2-4/h1-4H;4H,1-3H2. The van der Waals surface area contributed by atoms with E-state index in [1.54, 1.807) is 12.1 Å². The smallest absolute Gasteiger partial charge is 0.335 e. The van der Waals surface area contributed by atoms with Crippen molar-refractivity contribution in [3.8, 4) is 0 Å². The topological polar surface area (TPSA) is 76.5 Å². The third-order valence-electron chi connectivity index (χ3n) is 0.735. The Morgan fingerprint density at radius 2 is 2.18 bits per heavy atom. The molecule has 0 aromatic carbocycles. The van der Waals surface area contributed by atoms with Crippen LogP contribution in [0, 0.1) is 0 Å². The molecule has 1 aromatic heterocycles. The second-order valence-electron chi connectivity index (χ2n) is 1.64. The highest BCUT2D eigenvalue weighted by atomic mass is 16.4. The average molecular weight is 157 g/mol. The maximum atomic E-state index is 10.1. The summed E-state index contributed by atoms with van der Waals surface area (Å²) in [5.74, 6) is 0. The zero-order chi connectivity index (χ0) is 8.53. The van der Waals surface area contributed by atoms with Gasteiger partial charge in [-0.25, -0.2) is 4.79 Å². The van der Waals surface area contributed by atoms with Crippen LogP contribution >= 0.6 is 0 Å². The highest BCUT2D eigenvalue weighted by Gasteiger charge is 1.72. The molecule has 3 N–H and O–H groups in total. The van der Waals surface area contributed by atoms with E-state index >= 15 is 0 Å². The Bertz CT molecular complexity index is 201. The van der Waals surface area contributed by atoms with E-state index in [-0.39, 0.29) is 12.2 Å². The monoisotopic (exact) mass is 157 g/mol. The minimum atomic E-state index is -0.303. The molecule has 1 aromatic rings. The van der Waals surface area contributed by atoms with Crippen LogP contribution in [0.3, 0.4) is 0 Å². The number of hydrogen-bond acceptors (Lipinski definition) is 4. The maximum Gasteiger partial charge on any atom is 0.335 e. The van der Waals surface area contributed by atoms with Crippen molar-refractivity contribution < 1.29 is 9.52 Å². The summed E-state index contributed by atoms with van der Waals surface area (Å²) >= 11 is 0. The third kappa shape index (κ3) is 6.76. The summed E-state index contributed by atoms with van der Waals surface area (Å²) in [7, 11) is 0. The first kappa shape index (κ1) is 9.87. The summed E-state index contributed by atoms with van der Waals surface area (Å²) in [5, 5.41) is 7.75. The SMILES string of the molecule is NCCO.O=c1cccco1. The van der Waals surface area contributed by atoms with Crippen LogP contribution in [-0.4, -0.2) is 18.3 Å². The second-order valence-corrected chi connectivity index (χ2v) is 1.64. The van der Waals surface area contributed by atoms with Gasteiger partial charge in [0.05, 0.1) is 12.9 Å². The summed E-state index contributed by atoms with van der Waals surface area (Å²) < 4.78 is 4.37. The molecule has 0 atom stereocenters. The minimum Gasteiger partial charge on any atom is -0.431 e. The molecule has 4 nitrogen and oxygen atoms in total. The zero-order valence-corrected chi connectivity index (χ0v) is 6.06. The number of rotatable bonds is 1. The molecule has 0 bridgehead atoms. The lowest BCUT2D eigenvalue weighted by Crippen LogP contribution is -2.02. The minimum absolute atomic E-state index is 0.0972. The molecule has 11 heavy (non-hydrogen) atoms. The number of aliphatic hydroxyl groups is 1. The van der Waals surface area contributed by atoms with Crippen LogP contribution in [0.15, 0.2) is 33.7 Å². The van der Waals surface area contributed by atoms with Gasteiger partial charge in [-0.1, -0.05) is 6.07 Å². The van der Waals surface area contributed by atoms with Crippen molar-refractivity contribution in [2.75, 3.05) is 13.2 Å². The molecule has 0 aliphatic rings. The van der Waals surface area contributed by atoms with Crippen LogP contribution in [0.2, 0.25) is 0 Å². The maximum absolute atomic E-state index is 10.1. The van der Waals surface area contributed by atoms with Crippen molar-refractivity contribution in [2.45, 2.75) is 0 Å². The molecule has 0 saturated heterocycles. The zero-order valence-electron chi connectivity index (χ0n) is 6.06. The van der Waals surface area contributed by atoms with Crippen LogP contribution in [-0.2, 0) is 0 Å². The Morgan fingerprint density at radius 1 is 1.55 bits per heavy atom. The second kappa shape index (κ2) is 6.98. The van der Waals surface area contributed by atoms with Crippen LogP contribution < -0.4 is 11.4 Å². The van der Waals surface area contributed by atoms with Crippen molar-refractivity contribution in [1.82, 2.24) is 0 Å².